The van der Waals surface area contributed by atoms with E-state index in [0.717, 1.165) is 25.2 Å². The van der Waals surface area contributed by atoms with Crippen LogP contribution in [0.25, 0.3) is 0 Å². The Bertz CT molecular complexity index is 450. The van der Waals surface area contributed by atoms with Crippen molar-refractivity contribution < 1.29 is 4.79 Å². The number of benzene rings is 1. The number of nitrogens with one attached hydrogen (secondary N) is 1. The van der Waals surface area contributed by atoms with Gasteiger partial charge in [0.05, 0.1) is 0 Å². The molecule has 2 rings (SSSR count). The molecule has 0 aromatic heterocycles. The van der Waals surface area contributed by atoms with Crippen molar-refractivity contribution in [3.63, 3.8) is 0 Å². The fourth-order valence-corrected chi connectivity index (χ4v) is 2.96. The van der Waals surface area contributed by atoms with Gasteiger partial charge < -0.3 is 10.2 Å². The molecular formula is C17H26N2O. The van der Waals surface area contributed by atoms with E-state index in [1.165, 1.54) is 17.5 Å². The monoisotopic (exact) mass is 274 g/mol. The highest BCUT2D eigenvalue weighted by atomic mass is 16.2. The lowest BCUT2D eigenvalue weighted by Gasteiger charge is -2.31. The molecule has 0 radical (unpaired) electrons. The third-order valence-corrected chi connectivity index (χ3v) is 3.90. The zero-order valence-electron chi connectivity index (χ0n) is 12.9. The van der Waals surface area contributed by atoms with Crippen LogP contribution in [0.1, 0.15) is 37.3 Å². The molecular weight excluding hydrogens is 248 g/mol. The summed E-state index contributed by atoms with van der Waals surface area (Å²) in [6, 6.07) is 6.41. The molecule has 110 valence electrons. The van der Waals surface area contributed by atoms with Gasteiger partial charge in [0, 0.05) is 31.7 Å². The SMILES string of the molecule is Cc1cc(C)cc(NCCC(=O)N2CCCC(C)C2)c1. The first-order valence-electron chi connectivity index (χ1n) is 7.64. The fraction of sp³-hybridized carbons (Fsp3) is 0.588. The number of piperidine rings is 1. The van der Waals surface area contributed by atoms with Gasteiger partial charge in [0.2, 0.25) is 5.91 Å². The summed E-state index contributed by atoms with van der Waals surface area (Å²) in [6.07, 6.45) is 2.99. The summed E-state index contributed by atoms with van der Waals surface area (Å²) in [5, 5.41) is 3.36. The van der Waals surface area contributed by atoms with E-state index in [0.29, 0.717) is 18.9 Å². The average molecular weight is 274 g/mol. The number of nitrogens with zero attached hydrogens (tertiary/aromatic N) is 1. The molecule has 20 heavy (non-hydrogen) atoms. The average Bonchev–Trinajstić information content (AvgIpc) is 2.37. The van der Waals surface area contributed by atoms with Crippen molar-refractivity contribution in [1.82, 2.24) is 4.90 Å². The number of carbonyl (C=O) groups excluding carboxylic acids is 1. The van der Waals surface area contributed by atoms with Crippen LogP contribution in [0.5, 0.6) is 0 Å². The lowest BCUT2D eigenvalue weighted by molar-refractivity contribution is -0.132. The van der Waals surface area contributed by atoms with E-state index in [-0.39, 0.29) is 5.91 Å². The van der Waals surface area contributed by atoms with E-state index >= 15 is 0 Å². The minimum Gasteiger partial charge on any atom is -0.385 e. The highest BCUT2D eigenvalue weighted by molar-refractivity contribution is 5.76. The van der Waals surface area contributed by atoms with Crippen LogP contribution in [0.4, 0.5) is 5.69 Å². The lowest BCUT2D eigenvalue weighted by Crippen LogP contribution is -2.39. The van der Waals surface area contributed by atoms with Crippen LogP contribution >= 0.6 is 0 Å². The Labute approximate surface area is 122 Å². The summed E-state index contributed by atoms with van der Waals surface area (Å²) in [4.78, 5) is 14.2. The summed E-state index contributed by atoms with van der Waals surface area (Å²) in [5.41, 5.74) is 3.62. The van der Waals surface area contributed by atoms with Crippen LogP contribution in [0.2, 0.25) is 0 Å². The van der Waals surface area contributed by atoms with Crippen LogP contribution in [-0.4, -0.2) is 30.4 Å². The van der Waals surface area contributed by atoms with Gasteiger partial charge in [0.25, 0.3) is 0 Å². The molecule has 3 nitrogen and oxygen atoms in total. The van der Waals surface area contributed by atoms with Gasteiger partial charge in [0.1, 0.15) is 0 Å². The first kappa shape index (κ1) is 14.9. The standard InChI is InChI=1S/C17H26N2O/c1-13-5-4-8-19(12-13)17(20)6-7-18-16-10-14(2)9-15(3)11-16/h9-11,13,18H,4-8,12H2,1-3H3. The smallest absolute Gasteiger partial charge is 0.224 e. The van der Waals surface area contributed by atoms with E-state index in [1.54, 1.807) is 0 Å². The molecule has 1 heterocycles. The highest BCUT2D eigenvalue weighted by Gasteiger charge is 2.20. The Balaban J connectivity index is 1.78. The zero-order chi connectivity index (χ0) is 14.5. The predicted octanol–water partition coefficient (Wildman–Crippen LogP) is 3.36. The van der Waals surface area contributed by atoms with Gasteiger partial charge in [-0.1, -0.05) is 13.0 Å². The molecule has 1 saturated heterocycles. The molecule has 1 atom stereocenters. The summed E-state index contributed by atoms with van der Waals surface area (Å²) >= 11 is 0. The zero-order valence-corrected chi connectivity index (χ0v) is 12.9. The number of anilines is 1. The summed E-state index contributed by atoms with van der Waals surface area (Å²) < 4.78 is 0. The van der Waals surface area contributed by atoms with Crippen molar-refractivity contribution in [3.05, 3.63) is 29.3 Å². The van der Waals surface area contributed by atoms with Crippen molar-refractivity contribution in [1.29, 1.82) is 0 Å². The van der Waals surface area contributed by atoms with Crippen LogP contribution in [0.15, 0.2) is 18.2 Å². The number of amides is 1. The van der Waals surface area contributed by atoms with Crippen molar-refractivity contribution in [2.24, 2.45) is 5.92 Å². The van der Waals surface area contributed by atoms with Gasteiger partial charge >= 0.3 is 0 Å². The molecule has 3 heteroatoms. The van der Waals surface area contributed by atoms with Gasteiger partial charge in [-0.2, -0.15) is 0 Å². The molecule has 1 aromatic rings. The number of hydrogen-bond acceptors (Lipinski definition) is 2. The summed E-state index contributed by atoms with van der Waals surface area (Å²) in [6.45, 7) is 9.01. The quantitative estimate of drug-likeness (QED) is 0.913. The van der Waals surface area contributed by atoms with E-state index in [1.807, 2.05) is 4.90 Å². The van der Waals surface area contributed by atoms with E-state index in [2.05, 4.69) is 44.3 Å². The molecule has 1 N–H and O–H groups in total. The van der Waals surface area contributed by atoms with E-state index in [4.69, 9.17) is 0 Å². The maximum Gasteiger partial charge on any atom is 0.224 e. The van der Waals surface area contributed by atoms with Gasteiger partial charge in [-0.05, 0) is 55.9 Å². The topological polar surface area (TPSA) is 32.3 Å². The van der Waals surface area contributed by atoms with E-state index < -0.39 is 0 Å². The minimum absolute atomic E-state index is 0.286. The largest absolute Gasteiger partial charge is 0.385 e. The fourth-order valence-electron chi connectivity index (χ4n) is 2.96. The Morgan fingerprint density at radius 1 is 1.30 bits per heavy atom. The third kappa shape index (κ3) is 4.26. The second-order valence-electron chi connectivity index (χ2n) is 6.14. The molecule has 0 bridgehead atoms. The molecule has 0 aliphatic carbocycles. The second-order valence-corrected chi connectivity index (χ2v) is 6.14. The van der Waals surface area contributed by atoms with Crippen molar-refractivity contribution >= 4 is 11.6 Å². The predicted molar refractivity (Wildman–Crippen MR) is 84.0 cm³/mol. The van der Waals surface area contributed by atoms with Crippen molar-refractivity contribution in [2.45, 2.75) is 40.0 Å². The second kappa shape index (κ2) is 6.78. The van der Waals surface area contributed by atoms with Crippen molar-refractivity contribution in [3.8, 4) is 0 Å². The number of likely N-dealkylation sites (tertiary alicyclic amines) is 1. The maximum atomic E-state index is 12.2. The first-order chi connectivity index (χ1) is 9.54. The Kier molecular flexibility index (Phi) is 5.05. The molecule has 1 unspecified atom stereocenters. The van der Waals surface area contributed by atoms with Crippen LogP contribution < -0.4 is 5.32 Å². The van der Waals surface area contributed by atoms with E-state index in [9.17, 15) is 4.79 Å². The molecule has 0 spiro atoms. The third-order valence-electron chi connectivity index (χ3n) is 3.90. The Morgan fingerprint density at radius 3 is 2.65 bits per heavy atom. The Hall–Kier alpha value is -1.51. The molecule has 0 saturated carbocycles. The maximum absolute atomic E-state index is 12.2. The number of hydrogen-bond donors (Lipinski definition) is 1. The minimum atomic E-state index is 0.286. The molecule has 1 aromatic carbocycles. The summed E-state index contributed by atoms with van der Waals surface area (Å²) in [5.74, 6) is 0.938. The molecule has 1 amide bonds. The van der Waals surface area contributed by atoms with Gasteiger partial charge in [-0.3, -0.25) is 4.79 Å². The first-order valence-corrected chi connectivity index (χ1v) is 7.64. The Morgan fingerprint density at radius 2 is 2.00 bits per heavy atom. The van der Waals surface area contributed by atoms with Gasteiger partial charge in [0.15, 0.2) is 0 Å². The number of aryl methyl sites for hydroxylation is 2. The lowest BCUT2D eigenvalue weighted by atomic mass is 10.00. The van der Waals surface area contributed by atoms with Gasteiger partial charge in [-0.15, -0.1) is 0 Å². The molecule has 1 aliphatic heterocycles. The molecule has 1 aliphatic rings. The molecule has 1 fully saturated rings. The van der Waals surface area contributed by atoms with Crippen LogP contribution in [-0.2, 0) is 4.79 Å². The highest BCUT2D eigenvalue weighted by Crippen LogP contribution is 2.17. The van der Waals surface area contributed by atoms with Crippen LogP contribution in [0, 0.1) is 19.8 Å². The van der Waals surface area contributed by atoms with Crippen molar-refractivity contribution in [2.75, 3.05) is 25.0 Å². The van der Waals surface area contributed by atoms with Crippen LogP contribution in [0.3, 0.4) is 0 Å². The normalized spacial score (nSPS) is 18.9. The number of carbonyl (C=O) groups is 1. The van der Waals surface area contributed by atoms with Gasteiger partial charge in [-0.25, -0.2) is 0 Å². The number of rotatable bonds is 4. The summed E-state index contributed by atoms with van der Waals surface area (Å²) in [7, 11) is 0.